The number of hydrogen-bond acceptors (Lipinski definition) is 3. The molecule has 0 spiro atoms. The van der Waals surface area contributed by atoms with E-state index < -0.39 is 0 Å². The molecule has 1 saturated heterocycles. The first kappa shape index (κ1) is 17.8. The summed E-state index contributed by atoms with van der Waals surface area (Å²) in [6.07, 6.45) is 6.23. The van der Waals surface area contributed by atoms with E-state index >= 15 is 0 Å². The van der Waals surface area contributed by atoms with Crippen LogP contribution in [0.3, 0.4) is 0 Å². The molecular weight excluding hydrogens is 356 g/mol. The van der Waals surface area contributed by atoms with Crippen molar-refractivity contribution in [2.75, 3.05) is 6.54 Å². The Bertz CT molecular complexity index is 1050. The van der Waals surface area contributed by atoms with E-state index in [1.807, 2.05) is 24.5 Å². The zero-order chi connectivity index (χ0) is 19.5. The summed E-state index contributed by atoms with van der Waals surface area (Å²) in [5.74, 6) is 0. The van der Waals surface area contributed by atoms with Crippen molar-refractivity contribution in [3.63, 3.8) is 0 Å². The summed E-state index contributed by atoms with van der Waals surface area (Å²) in [5.41, 5.74) is 7.15. The topological polar surface area (TPSA) is 44.8 Å². The van der Waals surface area contributed by atoms with E-state index in [0.29, 0.717) is 6.04 Å². The van der Waals surface area contributed by atoms with Gasteiger partial charge in [0.2, 0.25) is 0 Å². The third-order valence-electron chi connectivity index (χ3n) is 5.76. The molecule has 0 radical (unpaired) electrons. The van der Waals surface area contributed by atoms with Crippen molar-refractivity contribution in [1.29, 1.82) is 0 Å². The zero-order valence-electron chi connectivity index (χ0n) is 16.3. The van der Waals surface area contributed by atoms with Crippen LogP contribution in [0.15, 0.2) is 85.2 Å². The van der Waals surface area contributed by atoms with Crippen LogP contribution in [0.4, 0.5) is 0 Å². The molecule has 5 rings (SSSR count). The number of benzene rings is 2. The van der Waals surface area contributed by atoms with Crippen LogP contribution >= 0.6 is 0 Å². The SMILES string of the molecule is c1ccc(-c2ccc(-c3[nH]ncc3CN3CCCC3c3ccccn3)cc2)cc1. The van der Waals surface area contributed by atoms with Crippen molar-refractivity contribution in [3.05, 3.63) is 96.4 Å². The molecule has 0 aliphatic carbocycles. The lowest BCUT2D eigenvalue weighted by Crippen LogP contribution is -2.23. The summed E-state index contributed by atoms with van der Waals surface area (Å²) in [5, 5.41) is 7.57. The van der Waals surface area contributed by atoms with Gasteiger partial charge in [-0.25, -0.2) is 0 Å². The summed E-state index contributed by atoms with van der Waals surface area (Å²) in [4.78, 5) is 7.12. The van der Waals surface area contributed by atoms with Gasteiger partial charge in [0.05, 0.1) is 23.6 Å². The van der Waals surface area contributed by atoms with Gasteiger partial charge in [-0.2, -0.15) is 5.10 Å². The molecule has 4 aromatic rings. The van der Waals surface area contributed by atoms with E-state index in [2.05, 4.69) is 80.7 Å². The largest absolute Gasteiger partial charge is 0.290 e. The lowest BCUT2D eigenvalue weighted by Gasteiger charge is -2.24. The van der Waals surface area contributed by atoms with E-state index in [1.165, 1.54) is 34.4 Å². The predicted octanol–water partition coefficient (Wildman–Crippen LogP) is 5.48. The van der Waals surface area contributed by atoms with Crippen LogP contribution in [-0.4, -0.2) is 26.6 Å². The molecule has 1 aliphatic heterocycles. The quantitative estimate of drug-likeness (QED) is 0.499. The molecule has 0 amide bonds. The minimum Gasteiger partial charge on any atom is -0.290 e. The number of aromatic amines is 1. The van der Waals surface area contributed by atoms with Crippen LogP contribution in [0.25, 0.3) is 22.4 Å². The van der Waals surface area contributed by atoms with Gasteiger partial charge in [-0.15, -0.1) is 0 Å². The van der Waals surface area contributed by atoms with Gasteiger partial charge in [0.15, 0.2) is 0 Å². The van der Waals surface area contributed by atoms with Crippen molar-refractivity contribution in [2.45, 2.75) is 25.4 Å². The molecule has 4 nitrogen and oxygen atoms in total. The molecule has 1 atom stereocenters. The number of pyridine rings is 1. The number of nitrogens with one attached hydrogen (secondary N) is 1. The minimum atomic E-state index is 0.388. The molecule has 1 unspecified atom stereocenters. The minimum absolute atomic E-state index is 0.388. The van der Waals surface area contributed by atoms with Crippen LogP contribution in [0, 0.1) is 0 Å². The van der Waals surface area contributed by atoms with Gasteiger partial charge in [-0.1, -0.05) is 60.7 Å². The van der Waals surface area contributed by atoms with Crippen LogP contribution < -0.4 is 0 Å². The van der Waals surface area contributed by atoms with Crippen LogP contribution in [-0.2, 0) is 6.54 Å². The Morgan fingerprint density at radius 2 is 1.62 bits per heavy atom. The molecule has 1 fully saturated rings. The fraction of sp³-hybridized carbons (Fsp3) is 0.200. The Hall–Kier alpha value is -3.24. The number of aromatic nitrogens is 3. The second kappa shape index (κ2) is 8.02. The fourth-order valence-electron chi connectivity index (χ4n) is 4.28. The Kier molecular flexibility index (Phi) is 4.93. The third kappa shape index (κ3) is 3.71. The van der Waals surface area contributed by atoms with Crippen molar-refractivity contribution < 1.29 is 0 Å². The smallest absolute Gasteiger partial charge is 0.0695 e. The standard InChI is InChI=1S/C25H24N4/c1-2-7-19(8-3-1)20-11-13-21(14-12-20)25-22(17-27-28-25)18-29-16-6-10-24(29)23-9-4-5-15-26-23/h1-5,7-9,11-15,17,24H,6,10,16,18H2,(H,27,28). The average molecular weight is 380 g/mol. The summed E-state index contributed by atoms with van der Waals surface area (Å²) in [7, 11) is 0. The lowest BCUT2D eigenvalue weighted by atomic mass is 10.0. The predicted molar refractivity (Wildman–Crippen MR) is 116 cm³/mol. The van der Waals surface area contributed by atoms with Gasteiger partial charge in [0.1, 0.15) is 0 Å². The number of H-pyrrole nitrogens is 1. The number of likely N-dealkylation sites (tertiary alicyclic amines) is 1. The van der Waals surface area contributed by atoms with Gasteiger partial charge in [-0.3, -0.25) is 15.0 Å². The monoisotopic (exact) mass is 380 g/mol. The molecule has 2 aromatic heterocycles. The Morgan fingerprint density at radius 3 is 2.41 bits per heavy atom. The van der Waals surface area contributed by atoms with Crippen LogP contribution in [0.5, 0.6) is 0 Å². The molecule has 4 heteroatoms. The third-order valence-corrected chi connectivity index (χ3v) is 5.76. The highest BCUT2D eigenvalue weighted by Crippen LogP contribution is 2.34. The molecule has 1 N–H and O–H groups in total. The molecule has 144 valence electrons. The van der Waals surface area contributed by atoms with Crippen molar-refractivity contribution >= 4 is 0 Å². The highest BCUT2D eigenvalue weighted by Gasteiger charge is 2.27. The van der Waals surface area contributed by atoms with E-state index in [1.54, 1.807) is 0 Å². The number of hydrogen-bond donors (Lipinski definition) is 1. The maximum atomic E-state index is 4.59. The summed E-state index contributed by atoms with van der Waals surface area (Å²) < 4.78 is 0. The number of rotatable bonds is 5. The highest BCUT2D eigenvalue weighted by molar-refractivity contribution is 5.70. The highest BCUT2D eigenvalue weighted by atomic mass is 15.2. The first-order valence-electron chi connectivity index (χ1n) is 10.2. The first-order valence-corrected chi connectivity index (χ1v) is 10.2. The Balaban J connectivity index is 1.37. The van der Waals surface area contributed by atoms with Crippen molar-refractivity contribution in [2.24, 2.45) is 0 Å². The second-order valence-electron chi connectivity index (χ2n) is 7.60. The van der Waals surface area contributed by atoms with Crippen molar-refractivity contribution in [3.8, 4) is 22.4 Å². The second-order valence-corrected chi connectivity index (χ2v) is 7.60. The fourth-order valence-corrected chi connectivity index (χ4v) is 4.28. The van der Waals surface area contributed by atoms with E-state index in [-0.39, 0.29) is 0 Å². The number of nitrogens with zero attached hydrogens (tertiary/aromatic N) is 3. The van der Waals surface area contributed by atoms with E-state index in [9.17, 15) is 0 Å². The zero-order valence-corrected chi connectivity index (χ0v) is 16.3. The summed E-state index contributed by atoms with van der Waals surface area (Å²) in [6, 6.07) is 25.8. The van der Waals surface area contributed by atoms with Crippen molar-refractivity contribution in [1.82, 2.24) is 20.1 Å². The normalized spacial score (nSPS) is 16.9. The molecule has 1 aliphatic rings. The molecule has 0 bridgehead atoms. The average Bonchev–Trinajstić information content (AvgIpc) is 3.45. The Morgan fingerprint density at radius 1 is 0.862 bits per heavy atom. The lowest BCUT2D eigenvalue weighted by molar-refractivity contribution is 0.245. The molecule has 3 heterocycles. The van der Waals surface area contributed by atoms with Gasteiger partial charge in [-0.05, 0) is 48.2 Å². The molecule has 29 heavy (non-hydrogen) atoms. The van der Waals surface area contributed by atoms with E-state index in [4.69, 9.17) is 0 Å². The summed E-state index contributed by atoms with van der Waals surface area (Å²) >= 11 is 0. The summed E-state index contributed by atoms with van der Waals surface area (Å²) in [6.45, 7) is 1.98. The maximum absolute atomic E-state index is 4.59. The van der Waals surface area contributed by atoms with Gasteiger partial charge < -0.3 is 0 Å². The van der Waals surface area contributed by atoms with Gasteiger partial charge in [0, 0.05) is 18.3 Å². The van der Waals surface area contributed by atoms with Crippen LogP contribution in [0.1, 0.15) is 30.1 Å². The van der Waals surface area contributed by atoms with E-state index in [0.717, 1.165) is 25.2 Å². The van der Waals surface area contributed by atoms with Crippen LogP contribution in [0.2, 0.25) is 0 Å². The maximum Gasteiger partial charge on any atom is 0.0695 e. The first-order chi connectivity index (χ1) is 14.4. The Labute approximate surface area is 171 Å². The molecule has 0 saturated carbocycles. The van der Waals surface area contributed by atoms with Gasteiger partial charge in [0.25, 0.3) is 0 Å². The molecular formula is C25H24N4. The van der Waals surface area contributed by atoms with Gasteiger partial charge >= 0.3 is 0 Å². The molecule has 2 aromatic carbocycles.